The molecule has 14 rings (SSSR count). The number of pyridine rings is 1. The van der Waals surface area contributed by atoms with Gasteiger partial charge < -0.3 is 4.40 Å². The fourth-order valence-electron chi connectivity index (χ4n) is 11.3. The van der Waals surface area contributed by atoms with Crippen LogP contribution in [0.2, 0.25) is 0 Å². The van der Waals surface area contributed by atoms with Crippen molar-refractivity contribution in [3.05, 3.63) is 227 Å². The predicted octanol–water partition coefficient (Wildman–Crippen LogP) is 16.9. The summed E-state index contributed by atoms with van der Waals surface area (Å²) in [6.45, 7) is 8.95. The number of hydrogen-bond donors (Lipinski definition) is 0. The quantitative estimate of drug-likeness (QED) is 0.160. The summed E-state index contributed by atoms with van der Waals surface area (Å²) in [5.74, 6) is 2.38. The van der Waals surface area contributed by atoms with Crippen LogP contribution < -0.4 is 4.74 Å². The van der Waals surface area contributed by atoms with Gasteiger partial charge in [-0.15, -0.1) is 0 Å². The van der Waals surface area contributed by atoms with Crippen LogP contribution in [0.1, 0.15) is 31.9 Å². The van der Waals surface area contributed by atoms with Crippen LogP contribution in [0.3, 0.4) is 0 Å². The molecule has 5 heterocycles. The van der Waals surface area contributed by atoms with E-state index in [-0.39, 0.29) is 5.41 Å². The second kappa shape index (κ2) is 16.1. The van der Waals surface area contributed by atoms with Crippen molar-refractivity contribution in [3.63, 3.8) is 0 Å². The van der Waals surface area contributed by atoms with E-state index in [1.54, 1.807) is 0 Å². The van der Waals surface area contributed by atoms with Crippen molar-refractivity contribution >= 4 is 70.9 Å². The SMILES string of the molecule is Cc1ccnc(-n2c3cc(Oc4cc(-n5[c](=[Pt])n(-c6c(-c7ccccc7)cccc6-c6ccccc6)c6ccccc65)cc(C(C)(C)C)c4)ccc3c3cc4c5cccc6c7ccccc7n(c4cc32)c65)c1. The molecule has 0 unspecified atom stereocenters. The van der Waals surface area contributed by atoms with E-state index in [4.69, 9.17) is 9.72 Å². The third-order valence-electron chi connectivity index (χ3n) is 14.6. The van der Waals surface area contributed by atoms with Crippen molar-refractivity contribution in [3.8, 4) is 50.9 Å². The predicted molar refractivity (Wildman–Crippen MR) is 293 cm³/mol. The van der Waals surface area contributed by atoms with Gasteiger partial charge in [-0.2, -0.15) is 0 Å². The maximum atomic E-state index is 7.13. The van der Waals surface area contributed by atoms with Crippen LogP contribution in [0, 0.1) is 10.7 Å². The molecule has 0 aliphatic rings. The molecule has 0 bridgehead atoms. The minimum absolute atomic E-state index is 0.179. The fourth-order valence-corrected chi connectivity index (χ4v) is 12.4. The Morgan fingerprint density at radius 2 is 1.04 bits per heavy atom. The third-order valence-corrected chi connectivity index (χ3v) is 15.6. The standard InChI is InChI=1S/C65H47N5O.Pt/c1-41-31-32-66-62(33-41)69-59-37-46(29-30-51(59)54-38-55-53-25-16-24-52-50-21-11-12-26-56(50)70(64(52)53)61(55)39-60(54)69)71-47-35-44(65(2,3)4)34-45(36-47)67-40-68(58-28-14-13-27-57(58)67)63-48(42-17-7-5-8-18-42)22-15-23-49(63)43-19-9-6-10-20-43;/h5-39H,1-4H3;. The van der Waals surface area contributed by atoms with Crippen molar-refractivity contribution in [2.75, 3.05) is 0 Å². The van der Waals surface area contributed by atoms with E-state index in [1.807, 2.05) is 6.20 Å². The molecule has 7 heteroatoms. The van der Waals surface area contributed by atoms with Crippen molar-refractivity contribution in [2.24, 2.45) is 0 Å². The van der Waals surface area contributed by atoms with Crippen LogP contribution in [-0.4, -0.2) is 23.1 Å². The van der Waals surface area contributed by atoms with Gasteiger partial charge in [-0.3, -0.25) is 0 Å². The molecule has 6 nitrogen and oxygen atoms in total. The van der Waals surface area contributed by atoms with E-state index in [0.29, 0.717) is 0 Å². The number of imidazole rings is 1. The van der Waals surface area contributed by atoms with E-state index >= 15 is 0 Å². The van der Waals surface area contributed by atoms with Crippen molar-refractivity contribution < 1.29 is 24.1 Å². The molecule has 0 aliphatic heterocycles. The van der Waals surface area contributed by atoms with Crippen LogP contribution >= 0.6 is 0 Å². The van der Waals surface area contributed by atoms with Gasteiger partial charge >= 0.3 is 320 Å². The Morgan fingerprint density at radius 1 is 0.444 bits per heavy atom. The molecular formula is C65H47N5OPt. The molecule has 0 aliphatic carbocycles. The summed E-state index contributed by atoms with van der Waals surface area (Å²) < 4.78 is 17.8. The Hall–Kier alpha value is -8.31. The van der Waals surface area contributed by atoms with Gasteiger partial charge in [0.1, 0.15) is 0 Å². The van der Waals surface area contributed by atoms with E-state index < -0.39 is 0 Å². The minimum Gasteiger partial charge on any atom is 0.0620 e. The molecule has 9 aromatic carbocycles. The molecule has 72 heavy (non-hydrogen) atoms. The molecule has 0 amide bonds. The summed E-state index contributed by atoms with van der Waals surface area (Å²) in [4.78, 5) is 5.00. The number of nitrogens with zero attached hydrogens (tertiary/aromatic N) is 5. The smallest absolute Gasteiger partial charge is 0.0620 e. The van der Waals surface area contributed by atoms with Crippen LogP contribution in [0.25, 0.3) is 110 Å². The zero-order chi connectivity index (χ0) is 48.4. The van der Waals surface area contributed by atoms with Gasteiger partial charge in [0, 0.05) is 27.7 Å². The number of aryl methyl sites for hydroxylation is 1. The van der Waals surface area contributed by atoms with Gasteiger partial charge in [-0.1, -0.05) is 36.4 Å². The summed E-state index contributed by atoms with van der Waals surface area (Å²) in [5.41, 5.74) is 17.0. The number of fused-ring (bicyclic) bond motifs is 10. The van der Waals surface area contributed by atoms with Crippen LogP contribution in [-0.2, 0) is 24.8 Å². The number of aromatic nitrogens is 5. The Morgan fingerprint density at radius 3 is 1.75 bits per heavy atom. The van der Waals surface area contributed by atoms with Crippen molar-refractivity contribution in [1.29, 1.82) is 0 Å². The summed E-state index contributed by atoms with van der Waals surface area (Å²) in [6.07, 6.45) is 1.91. The molecule has 0 atom stereocenters. The molecular weight excluding hydrogens is 1060 g/mol. The molecule has 348 valence electrons. The zero-order valence-corrected chi connectivity index (χ0v) is 42.4. The Bertz CT molecular complexity index is 4490. The summed E-state index contributed by atoms with van der Waals surface area (Å²) in [6, 6.07) is 74.6. The van der Waals surface area contributed by atoms with E-state index in [1.165, 1.54) is 49.0 Å². The molecule has 14 aromatic rings. The first-order chi connectivity index (χ1) is 35.2. The first kappa shape index (κ1) is 42.6. The maximum absolute atomic E-state index is 7.13. The third kappa shape index (κ3) is 6.52. The normalized spacial score (nSPS) is 12.2. The van der Waals surface area contributed by atoms with Gasteiger partial charge in [-0.05, 0) is 24.6 Å². The average Bonchev–Trinajstić information content (AvgIpc) is 4.11. The monoisotopic (exact) mass is 1110 g/mol. The number of benzene rings is 9. The summed E-state index contributed by atoms with van der Waals surface area (Å²) >= 11 is 2.54. The Kier molecular flexibility index (Phi) is 9.52. The van der Waals surface area contributed by atoms with E-state index in [0.717, 1.165) is 87.8 Å². The molecule has 0 N–H and O–H groups in total. The van der Waals surface area contributed by atoms with Crippen LogP contribution in [0.5, 0.6) is 11.5 Å². The van der Waals surface area contributed by atoms with E-state index in [2.05, 4.69) is 271 Å². The zero-order valence-electron chi connectivity index (χ0n) is 40.2. The minimum atomic E-state index is -0.179. The molecule has 0 spiro atoms. The van der Waals surface area contributed by atoms with Gasteiger partial charge in [0.05, 0.1) is 16.6 Å². The van der Waals surface area contributed by atoms with Crippen LogP contribution in [0.15, 0.2) is 212 Å². The second-order valence-corrected chi connectivity index (χ2v) is 21.1. The number of hydrogen-bond acceptors (Lipinski definition) is 2. The molecule has 0 fully saturated rings. The van der Waals surface area contributed by atoms with Gasteiger partial charge in [0.25, 0.3) is 0 Å². The first-order valence-corrected chi connectivity index (χ1v) is 25.7. The number of ether oxygens (including phenoxy) is 1. The van der Waals surface area contributed by atoms with Gasteiger partial charge in [0.2, 0.25) is 0 Å². The second-order valence-electron chi connectivity index (χ2n) is 20.0. The number of rotatable bonds is 7. The number of para-hydroxylation sites is 5. The molecule has 0 radical (unpaired) electrons. The Balaban J connectivity index is 0.963. The van der Waals surface area contributed by atoms with Crippen molar-refractivity contribution in [1.82, 2.24) is 23.1 Å². The first-order valence-electron chi connectivity index (χ1n) is 24.5. The molecule has 5 aromatic heterocycles. The average molecular weight is 1110 g/mol. The molecule has 0 saturated carbocycles. The van der Waals surface area contributed by atoms with E-state index in [9.17, 15) is 0 Å². The van der Waals surface area contributed by atoms with Crippen LogP contribution in [0.4, 0.5) is 0 Å². The Labute approximate surface area is 427 Å². The van der Waals surface area contributed by atoms with Gasteiger partial charge in [0.15, 0.2) is 0 Å². The van der Waals surface area contributed by atoms with Gasteiger partial charge in [-0.25, -0.2) is 0 Å². The summed E-state index contributed by atoms with van der Waals surface area (Å²) in [5, 5.41) is 7.37. The van der Waals surface area contributed by atoms with Crippen molar-refractivity contribution in [2.45, 2.75) is 33.1 Å². The topological polar surface area (TPSA) is 41.3 Å². The fraction of sp³-hybridized carbons (Fsp3) is 0.0769. The molecule has 0 saturated heterocycles. The summed E-state index contributed by atoms with van der Waals surface area (Å²) in [7, 11) is 0.